The highest BCUT2D eigenvalue weighted by Crippen LogP contribution is 2.52. The summed E-state index contributed by atoms with van der Waals surface area (Å²) < 4.78 is 11.5. The lowest BCUT2D eigenvalue weighted by atomic mass is 9.77. The van der Waals surface area contributed by atoms with Crippen molar-refractivity contribution in [1.29, 1.82) is 0 Å². The molecule has 1 spiro atoms. The molecule has 1 amide bonds. The van der Waals surface area contributed by atoms with Crippen molar-refractivity contribution in [3.05, 3.63) is 12.2 Å². The van der Waals surface area contributed by atoms with E-state index in [-0.39, 0.29) is 18.0 Å². The molecular weight excluding hydrogens is 294 g/mol. The molecule has 0 N–H and O–H groups in total. The number of unbranched alkanes of at least 4 members (excludes halogenated alkanes) is 2. The predicted octanol–water partition coefficient (Wildman–Crippen LogP) is 2.16. The van der Waals surface area contributed by atoms with E-state index in [0.717, 1.165) is 19.3 Å². The minimum absolute atomic E-state index is 0.0426. The van der Waals surface area contributed by atoms with Crippen LogP contribution in [0.15, 0.2) is 12.2 Å². The number of carbonyl (C=O) groups is 2. The van der Waals surface area contributed by atoms with Gasteiger partial charge >= 0.3 is 5.97 Å². The Morgan fingerprint density at radius 1 is 1.48 bits per heavy atom. The molecule has 2 bridgehead atoms. The molecule has 5 heteroatoms. The second-order valence-corrected chi connectivity index (χ2v) is 7.39. The summed E-state index contributed by atoms with van der Waals surface area (Å²) in [4.78, 5) is 27.2. The van der Waals surface area contributed by atoms with E-state index in [9.17, 15) is 9.59 Å². The zero-order chi connectivity index (χ0) is 16.6. The monoisotopic (exact) mass is 321 g/mol. The maximum absolute atomic E-state index is 12.8. The standard InChI is InChI=1S/C18H27NO4/c1-4-5-6-9-22-17(21)14-13-7-8-18(23-13)11-19(10-12(2)3)16(20)15(14)18/h7-8,12-15H,4-6,9-11H2,1-3H3/t13-,14?,15-,18+/m0/s1. The Morgan fingerprint density at radius 2 is 2.26 bits per heavy atom. The molecule has 0 aliphatic carbocycles. The lowest BCUT2D eigenvalue weighted by Gasteiger charge is -2.23. The van der Waals surface area contributed by atoms with Crippen molar-refractivity contribution < 1.29 is 19.1 Å². The van der Waals surface area contributed by atoms with Crippen LogP contribution in [0, 0.1) is 17.8 Å². The fraction of sp³-hybridized carbons (Fsp3) is 0.778. The zero-order valence-corrected chi connectivity index (χ0v) is 14.3. The van der Waals surface area contributed by atoms with Crippen LogP contribution in [-0.4, -0.2) is 48.2 Å². The molecule has 3 aliphatic rings. The average Bonchev–Trinajstić information content (AvgIpc) is 3.12. The van der Waals surface area contributed by atoms with Gasteiger partial charge in [0.25, 0.3) is 0 Å². The first kappa shape index (κ1) is 16.5. The van der Waals surface area contributed by atoms with Crippen molar-refractivity contribution >= 4 is 11.9 Å². The first-order chi connectivity index (χ1) is 11.0. The molecule has 4 atom stereocenters. The Bertz CT molecular complexity index is 515. The molecule has 0 aromatic carbocycles. The number of fused-ring (bicyclic) bond motifs is 1. The van der Waals surface area contributed by atoms with Crippen molar-refractivity contribution in [3.8, 4) is 0 Å². The first-order valence-electron chi connectivity index (χ1n) is 8.81. The summed E-state index contributed by atoms with van der Waals surface area (Å²) in [6.45, 7) is 7.99. The van der Waals surface area contributed by atoms with Crippen LogP contribution in [0.4, 0.5) is 0 Å². The smallest absolute Gasteiger partial charge is 0.312 e. The van der Waals surface area contributed by atoms with Gasteiger partial charge in [-0.1, -0.05) is 45.8 Å². The zero-order valence-electron chi connectivity index (χ0n) is 14.3. The Kier molecular flexibility index (Phi) is 4.50. The van der Waals surface area contributed by atoms with E-state index in [2.05, 4.69) is 20.8 Å². The van der Waals surface area contributed by atoms with Gasteiger partial charge in [0.1, 0.15) is 11.5 Å². The molecule has 0 radical (unpaired) electrons. The predicted molar refractivity (Wildman–Crippen MR) is 85.6 cm³/mol. The molecule has 3 rings (SSSR count). The van der Waals surface area contributed by atoms with Gasteiger partial charge in [-0.15, -0.1) is 0 Å². The second kappa shape index (κ2) is 6.27. The van der Waals surface area contributed by atoms with Gasteiger partial charge in [-0.3, -0.25) is 9.59 Å². The summed E-state index contributed by atoms with van der Waals surface area (Å²) in [7, 11) is 0. The highest BCUT2D eigenvalue weighted by molar-refractivity contribution is 5.91. The van der Waals surface area contributed by atoms with E-state index >= 15 is 0 Å². The molecule has 2 fully saturated rings. The van der Waals surface area contributed by atoms with Crippen LogP contribution in [0.25, 0.3) is 0 Å². The van der Waals surface area contributed by atoms with Crippen molar-refractivity contribution in [2.24, 2.45) is 17.8 Å². The van der Waals surface area contributed by atoms with Crippen LogP contribution >= 0.6 is 0 Å². The first-order valence-corrected chi connectivity index (χ1v) is 8.81. The number of ether oxygens (including phenoxy) is 2. The van der Waals surface area contributed by atoms with E-state index in [1.165, 1.54) is 0 Å². The second-order valence-electron chi connectivity index (χ2n) is 7.39. The van der Waals surface area contributed by atoms with Gasteiger partial charge in [-0.25, -0.2) is 0 Å². The quantitative estimate of drug-likeness (QED) is 0.410. The SMILES string of the molecule is CCCCCOC(=O)C1[C@@H]2C=C[C@]3(CN(CC(C)C)C(=O)[C@H]13)O2. The van der Waals surface area contributed by atoms with Gasteiger partial charge < -0.3 is 14.4 Å². The average molecular weight is 321 g/mol. The third kappa shape index (κ3) is 2.80. The van der Waals surface area contributed by atoms with Crippen LogP contribution in [0.3, 0.4) is 0 Å². The van der Waals surface area contributed by atoms with E-state index in [1.807, 2.05) is 17.1 Å². The highest BCUT2D eigenvalue weighted by atomic mass is 16.6. The number of amides is 1. The summed E-state index contributed by atoms with van der Waals surface area (Å²) in [5.74, 6) is -0.723. The van der Waals surface area contributed by atoms with E-state index in [0.29, 0.717) is 25.6 Å². The fourth-order valence-corrected chi connectivity index (χ4v) is 4.06. The number of likely N-dealkylation sites (tertiary alicyclic amines) is 1. The van der Waals surface area contributed by atoms with Gasteiger partial charge in [0.2, 0.25) is 5.91 Å². The highest BCUT2D eigenvalue weighted by Gasteiger charge is 2.67. The normalized spacial score (nSPS) is 34.5. The molecule has 3 heterocycles. The van der Waals surface area contributed by atoms with Crippen molar-refractivity contribution in [2.75, 3.05) is 19.7 Å². The molecule has 128 valence electrons. The number of esters is 1. The third-order valence-electron chi connectivity index (χ3n) is 5.03. The Morgan fingerprint density at radius 3 is 2.96 bits per heavy atom. The molecule has 23 heavy (non-hydrogen) atoms. The Hall–Kier alpha value is -1.36. The van der Waals surface area contributed by atoms with Crippen molar-refractivity contribution in [3.63, 3.8) is 0 Å². The fourth-order valence-electron chi connectivity index (χ4n) is 4.06. The molecule has 0 aromatic heterocycles. The Balaban J connectivity index is 1.70. The Labute approximate surface area is 138 Å². The molecule has 0 aromatic rings. The maximum atomic E-state index is 12.8. The van der Waals surface area contributed by atoms with Gasteiger partial charge in [-0.2, -0.15) is 0 Å². The summed E-state index contributed by atoms with van der Waals surface area (Å²) in [6.07, 6.45) is 6.63. The van der Waals surface area contributed by atoms with Crippen LogP contribution in [0.2, 0.25) is 0 Å². The third-order valence-corrected chi connectivity index (χ3v) is 5.03. The maximum Gasteiger partial charge on any atom is 0.312 e. The lowest BCUT2D eigenvalue weighted by Crippen LogP contribution is -2.40. The van der Waals surface area contributed by atoms with Gasteiger partial charge in [-0.05, 0) is 12.3 Å². The minimum Gasteiger partial charge on any atom is -0.465 e. The molecule has 5 nitrogen and oxygen atoms in total. The molecule has 0 saturated carbocycles. The number of carbonyl (C=O) groups excluding carboxylic acids is 2. The largest absolute Gasteiger partial charge is 0.465 e. The van der Waals surface area contributed by atoms with Crippen LogP contribution < -0.4 is 0 Å². The lowest BCUT2D eigenvalue weighted by molar-refractivity contribution is -0.154. The summed E-state index contributed by atoms with van der Waals surface area (Å²) in [6, 6.07) is 0. The summed E-state index contributed by atoms with van der Waals surface area (Å²) >= 11 is 0. The van der Waals surface area contributed by atoms with E-state index in [4.69, 9.17) is 9.47 Å². The molecule has 1 unspecified atom stereocenters. The van der Waals surface area contributed by atoms with Crippen molar-refractivity contribution in [2.45, 2.75) is 51.7 Å². The summed E-state index contributed by atoms with van der Waals surface area (Å²) in [5, 5.41) is 0. The van der Waals surface area contributed by atoms with Gasteiger partial charge in [0.15, 0.2) is 0 Å². The number of hydrogen-bond donors (Lipinski definition) is 0. The molecular formula is C18H27NO4. The number of nitrogens with zero attached hydrogens (tertiary/aromatic N) is 1. The molecule has 3 aliphatic heterocycles. The summed E-state index contributed by atoms with van der Waals surface area (Å²) in [5.41, 5.74) is -0.607. The van der Waals surface area contributed by atoms with E-state index < -0.39 is 17.4 Å². The topological polar surface area (TPSA) is 55.8 Å². The van der Waals surface area contributed by atoms with Crippen LogP contribution in [0.1, 0.15) is 40.0 Å². The molecule has 2 saturated heterocycles. The van der Waals surface area contributed by atoms with Crippen molar-refractivity contribution in [1.82, 2.24) is 4.90 Å². The number of hydrogen-bond acceptors (Lipinski definition) is 4. The van der Waals surface area contributed by atoms with Gasteiger partial charge in [0.05, 0.1) is 25.2 Å². The minimum atomic E-state index is -0.607. The van der Waals surface area contributed by atoms with Gasteiger partial charge in [0, 0.05) is 6.54 Å². The van der Waals surface area contributed by atoms with Crippen LogP contribution in [-0.2, 0) is 19.1 Å². The van der Waals surface area contributed by atoms with Crippen LogP contribution in [0.5, 0.6) is 0 Å². The van der Waals surface area contributed by atoms with E-state index in [1.54, 1.807) is 0 Å². The number of rotatable bonds is 7.